The summed E-state index contributed by atoms with van der Waals surface area (Å²) in [6, 6.07) is 6.24. The van der Waals surface area contributed by atoms with E-state index in [1.807, 2.05) is 0 Å². The molecular weight excluding hydrogens is 280 g/mol. The Labute approximate surface area is 116 Å². The van der Waals surface area contributed by atoms with Crippen molar-refractivity contribution in [1.82, 2.24) is 0 Å². The second-order valence-corrected chi connectivity index (χ2v) is 6.43. The van der Waals surface area contributed by atoms with Gasteiger partial charge >= 0.3 is 0 Å². The first-order chi connectivity index (χ1) is 9.25. The lowest BCUT2D eigenvalue weighted by Crippen LogP contribution is -2.03. The quantitative estimate of drug-likeness (QED) is 0.789. The molecule has 2 rings (SSSR count). The molecule has 0 spiro atoms. The highest BCUT2D eigenvalue weighted by Gasteiger charge is 2.24. The summed E-state index contributed by atoms with van der Waals surface area (Å²) in [5.41, 5.74) is 0.516. The molecule has 0 unspecified atom stereocenters. The molecule has 106 valence electrons. The van der Waals surface area contributed by atoms with Gasteiger partial charge in [0, 0.05) is 5.56 Å². The van der Waals surface area contributed by atoms with Crippen LogP contribution in [0, 0.1) is 13.8 Å². The van der Waals surface area contributed by atoms with E-state index >= 15 is 0 Å². The minimum Gasteiger partial charge on any atom is -0.508 e. The van der Waals surface area contributed by atoms with Crippen molar-refractivity contribution in [1.29, 1.82) is 0 Å². The maximum absolute atomic E-state index is 12.5. The zero-order valence-corrected chi connectivity index (χ0v) is 11.8. The standard InChI is InChI=1S/C14H14O5S/c1-8-7-10(3-4-11(8)15)20(18,19)13-6-5-12(16)9(2)14(13)17/h3-7,15-17H,1-2H3. The summed E-state index contributed by atoms with van der Waals surface area (Å²) in [5, 5.41) is 28.8. The Morgan fingerprint density at radius 2 is 1.50 bits per heavy atom. The molecular formula is C14H14O5S. The number of phenolic OH excluding ortho intramolecular Hbond substituents is 3. The van der Waals surface area contributed by atoms with E-state index in [4.69, 9.17) is 0 Å². The van der Waals surface area contributed by atoms with Crippen molar-refractivity contribution in [3.05, 3.63) is 41.5 Å². The average Bonchev–Trinajstić information content (AvgIpc) is 2.38. The van der Waals surface area contributed by atoms with Crippen LogP contribution in [0.15, 0.2) is 40.1 Å². The first-order valence-corrected chi connectivity index (χ1v) is 7.29. The number of hydrogen-bond acceptors (Lipinski definition) is 5. The minimum absolute atomic E-state index is 0.00458. The largest absolute Gasteiger partial charge is 0.508 e. The predicted octanol–water partition coefficient (Wildman–Crippen LogP) is 2.25. The van der Waals surface area contributed by atoms with Crippen molar-refractivity contribution in [3.8, 4) is 17.2 Å². The van der Waals surface area contributed by atoms with Crippen molar-refractivity contribution in [2.45, 2.75) is 23.6 Å². The van der Waals surface area contributed by atoms with Crippen molar-refractivity contribution in [2.24, 2.45) is 0 Å². The molecule has 3 N–H and O–H groups in total. The zero-order chi connectivity index (χ0) is 15.1. The van der Waals surface area contributed by atoms with Gasteiger partial charge in [-0.1, -0.05) is 0 Å². The molecule has 0 bridgehead atoms. The molecule has 0 fully saturated rings. The predicted molar refractivity (Wildman–Crippen MR) is 72.8 cm³/mol. The monoisotopic (exact) mass is 294 g/mol. The Morgan fingerprint density at radius 3 is 2.10 bits per heavy atom. The number of benzene rings is 2. The highest BCUT2D eigenvalue weighted by atomic mass is 32.2. The third-order valence-corrected chi connectivity index (χ3v) is 4.92. The van der Waals surface area contributed by atoms with E-state index in [1.165, 1.54) is 31.2 Å². The van der Waals surface area contributed by atoms with Crippen molar-refractivity contribution in [3.63, 3.8) is 0 Å². The van der Waals surface area contributed by atoms with E-state index in [-0.39, 0.29) is 26.9 Å². The normalized spacial score (nSPS) is 11.5. The summed E-state index contributed by atoms with van der Waals surface area (Å²) in [4.78, 5) is -0.314. The van der Waals surface area contributed by atoms with E-state index in [1.54, 1.807) is 6.92 Å². The molecule has 0 aromatic heterocycles. The molecule has 0 aliphatic heterocycles. The van der Waals surface area contributed by atoms with Crippen LogP contribution >= 0.6 is 0 Å². The Hall–Kier alpha value is -2.21. The first kappa shape index (κ1) is 14.2. The summed E-state index contributed by atoms with van der Waals surface area (Å²) >= 11 is 0. The molecule has 0 aliphatic rings. The third kappa shape index (κ3) is 2.18. The molecule has 0 atom stereocenters. The van der Waals surface area contributed by atoms with Gasteiger partial charge in [-0.15, -0.1) is 0 Å². The summed E-state index contributed by atoms with van der Waals surface area (Å²) in [5.74, 6) is -0.658. The van der Waals surface area contributed by atoms with Gasteiger partial charge in [-0.25, -0.2) is 8.42 Å². The Balaban J connectivity index is 2.67. The molecule has 0 heterocycles. The van der Waals surface area contributed by atoms with Crippen LogP contribution in [0.4, 0.5) is 0 Å². The smallest absolute Gasteiger partial charge is 0.210 e. The molecule has 0 aliphatic carbocycles. The van der Waals surface area contributed by atoms with Gasteiger partial charge in [0.25, 0.3) is 0 Å². The lowest BCUT2D eigenvalue weighted by molar-refractivity contribution is 0.432. The lowest BCUT2D eigenvalue weighted by atomic mass is 10.2. The van der Waals surface area contributed by atoms with Crippen LogP contribution in [0.3, 0.4) is 0 Å². The maximum atomic E-state index is 12.5. The summed E-state index contributed by atoms with van der Waals surface area (Å²) in [6.45, 7) is 3.00. The second kappa shape index (κ2) is 4.72. The molecule has 0 amide bonds. The fourth-order valence-corrected chi connectivity index (χ4v) is 3.29. The topological polar surface area (TPSA) is 94.8 Å². The Kier molecular flexibility index (Phi) is 3.35. The van der Waals surface area contributed by atoms with Crippen LogP contribution in [-0.2, 0) is 9.84 Å². The Bertz CT molecular complexity index is 778. The Morgan fingerprint density at radius 1 is 0.900 bits per heavy atom. The van der Waals surface area contributed by atoms with E-state index in [0.29, 0.717) is 5.56 Å². The van der Waals surface area contributed by atoms with Gasteiger partial charge in [0.15, 0.2) is 0 Å². The number of hydrogen-bond donors (Lipinski definition) is 3. The van der Waals surface area contributed by atoms with Gasteiger partial charge in [-0.2, -0.15) is 0 Å². The summed E-state index contributed by atoms with van der Waals surface area (Å²) in [7, 11) is -3.92. The molecule has 0 saturated carbocycles. The fourth-order valence-electron chi connectivity index (χ4n) is 1.80. The third-order valence-electron chi connectivity index (χ3n) is 3.13. The number of aryl methyl sites for hydroxylation is 1. The van der Waals surface area contributed by atoms with E-state index in [9.17, 15) is 23.7 Å². The van der Waals surface area contributed by atoms with Crippen LogP contribution in [-0.4, -0.2) is 23.7 Å². The summed E-state index contributed by atoms with van der Waals surface area (Å²) in [6.07, 6.45) is 0. The molecule has 5 nitrogen and oxygen atoms in total. The van der Waals surface area contributed by atoms with Gasteiger partial charge in [0.2, 0.25) is 9.84 Å². The molecule has 20 heavy (non-hydrogen) atoms. The van der Waals surface area contributed by atoms with Crippen molar-refractivity contribution in [2.75, 3.05) is 0 Å². The number of sulfone groups is 1. The van der Waals surface area contributed by atoms with Crippen molar-refractivity contribution >= 4 is 9.84 Å². The average molecular weight is 294 g/mol. The van der Waals surface area contributed by atoms with Crippen LogP contribution in [0.25, 0.3) is 0 Å². The van der Waals surface area contributed by atoms with Gasteiger partial charge in [0.1, 0.15) is 22.1 Å². The highest BCUT2D eigenvalue weighted by molar-refractivity contribution is 7.91. The van der Waals surface area contributed by atoms with Crippen LogP contribution < -0.4 is 0 Å². The van der Waals surface area contributed by atoms with Crippen LogP contribution in [0.1, 0.15) is 11.1 Å². The van der Waals surface area contributed by atoms with Gasteiger partial charge in [0.05, 0.1) is 4.90 Å². The van der Waals surface area contributed by atoms with Gasteiger partial charge in [-0.3, -0.25) is 0 Å². The second-order valence-electron chi connectivity index (χ2n) is 4.51. The van der Waals surface area contributed by atoms with Crippen molar-refractivity contribution < 1.29 is 23.7 Å². The maximum Gasteiger partial charge on any atom is 0.210 e. The molecule has 2 aromatic rings. The van der Waals surface area contributed by atoms with Gasteiger partial charge in [-0.05, 0) is 49.7 Å². The minimum atomic E-state index is -3.92. The zero-order valence-electron chi connectivity index (χ0n) is 11.0. The molecule has 0 radical (unpaired) electrons. The molecule has 2 aromatic carbocycles. The SMILES string of the molecule is Cc1cc(S(=O)(=O)c2ccc(O)c(C)c2O)ccc1O. The van der Waals surface area contributed by atoms with E-state index in [0.717, 1.165) is 6.07 Å². The van der Waals surface area contributed by atoms with E-state index in [2.05, 4.69) is 0 Å². The first-order valence-electron chi connectivity index (χ1n) is 5.81. The van der Waals surface area contributed by atoms with E-state index < -0.39 is 15.6 Å². The lowest BCUT2D eigenvalue weighted by Gasteiger charge is -2.10. The number of rotatable bonds is 2. The fraction of sp³-hybridized carbons (Fsp3) is 0.143. The highest BCUT2D eigenvalue weighted by Crippen LogP contribution is 2.36. The van der Waals surface area contributed by atoms with Gasteiger partial charge < -0.3 is 15.3 Å². The summed E-state index contributed by atoms with van der Waals surface area (Å²) < 4.78 is 24.9. The number of aromatic hydroxyl groups is 3. The number of phenols is 3. The molecule has 6 heteroatoms. The molecule has 0 saturated heterocycles. The van der Waals surface area contributed by atoms with Crippen LogP contribution in [0.5, 0.6) is 17.2 Å². The van der Waals surface area contributed by atoms with Crippen LogP contribution in [0.2, 0.25) is 0 Å².